The van der Waals surface area contributed by atoms with Crippen LogP contribution in [0.2, 0.25) is 0 Å². The van der Waals surface area contributed by atoms with Crippen LogP contribution in [0.4, 0.5) is 5.82 Å². The summed E-state index contributed by atoms with van der Waals surface area (Å²) < 4.78 is 5.29. The third kappa shape index (κ3) is 1.80. The molecule has 1 aliphatic rings. The van der Waals surface area contributed by atoms with Crippen molar-refractivity contribution in [3.05, 3.63) is 24.4 Å². The molecule has 0 saturated carbocycles. The van der Waals surface area contributed by atoms with Crippen molar-refractivity contribution in [2.75, 3.05) is 25.1 Å². The van der Waals surface area contributed by atoms with Crippen molar-refractivity contribution in [2.24, 2.45) is 0 Å². The lowest BCUT2D eigenvalue weighted by molar-refractivity contribution is 0.121. The van der Waals surface area contributed by atoms with Crippen LogP contribution in [0.25, 0.3) is 0 Å². The zero-order valence-electron chi connectivity index (χ0n) is 7.73. The van der Waals surface area contributed by atoms with Gasteiger partial charge in [0.25, 0.3) is 0 Å². The Morgan fingerprint density at radius 3 is 3.23 bits per heavy atom. The molecule has 1 aromatic rings. The first-order chi connectivity index (χ1) is 6.40. The van der Waals surface area contributed by atoms with Crippen molar-refractivity contribution in [3.63, 3.8) is 0 Å². The molecule has 0 spiro atoms. The van der Waals surface area contributed by atoms with Gasteiger partial charge >= 0.3 is 0 Å². The molecule has 1 radical (unpaired) electrons. The summed E-state index contributed by atoms with van der Waals surface area (Å²) in [4.78, 5) is 6.48. The molecule has 0 aliphatic carbocycles. The summed E-state index contributed by atoms with van der Waals surface area (Å²) >= 11 is 0. The van der Waals surface area contributed by atoms with Gasteiger partial charge in [-0.15, -0.1) is 0 Å². The second kappa shape index (κ2) is 3.75. The van der Waals surface area contributed by atoms with Crippen molar-refractivity contribution in [2.45, 2.75) is 12.5 Å². The first-order valence-corrected chi connectivity index (χ1v) is 4.50. The molecule has 0 bridgehead atoms. The second-order valence-corrected chi connectivity index (χ2v) is 3.21. The van der Waals surface area contributed by atoms with E-state index in [9.17, 15) is 0 Å². The van der Waals surface area contributed by atoms with Crippen LogP contribution in [0, 0.1) is 6.07 Å². The average Bonchev–Trinajstić information content (AvgIpc) is 2.67. The zero-order chi connectivity index (χ0) is 9.10. The number of rotatable bonds is 2. The summed E-state index contributed by atoms with van der Waals surface area (Å²) in [5, 5.41) is 0. The van der Waals surface area contributed by atoms with E-state index >= 15 is 0 Å². The average molecular weight is 177 g/mol. The molecule has 0 N–H and O–H groups in total. The van der Waals surface area contributed by atoms with E-state index in [4.69, 9.17) is 4.74 Å². The fraction of sp³-hybridized carbons (Fsp3) is 0.500. The molecule has 13 heavy (non-hydrogen) atoms. The molecule has 2 rings (SSSR count). The topological polar surface area (TPSA) is 25.4 Å². The Morgan fingerprint density at radius 1 is 1.69 bits per heavy atom. The molecule has 2 heterocycles. The summed E-state index contributed by atoms with van der Waals surface area (Å²) in [6.07, 6.45) is 3.16. The zero-order valence-corrected chi connectivity index (χ0v) is 7.73. The van der Waals surface area contributed by atoms with Gasteiger partial charge in [0.15, 0.2) is 0 Å². The Kier molecular flexibility index (Phi) is 2.45. The summed E-state index contributed by atoms with van der Waals surface area (Å²) in [5.41, 5.74) is 0. The minimum Gasteiger partial charge on any atom is -0.380 e. The smallest absolute Gasteiger partial charge is 0.128 e. The van der Waals surface area contributed by atoms with Crippen molar-refractivity contribution in [3.8, 4) is 0 Å². The Morgan fingerprint density at radius 2 is 2.62 bits per heavy atom. The standard InChI is InChI=1S/C10H13N2O/c1-13-9-5-7-12(8-9)10-4-2-3-6-11-10/h2,4,6,9H,5,7-8H2,1H3/t9-/m1/s1. The van der Waals surface area contributed by atoms with Crippen molar-refractivity contribution in [1.82, 2.24) is 4.98 Å². The Bertz CT molecular complexity index is 263. The number of aromatic nitrogens is 1. The van der Waals surface area contributed by atoms with Crippen LogP contribution in [-0.2, 0) is 4.74 Å². The molecule has 3 heteroatoms. The second-order valence-electron chi connectivity index (χ2n) is 3.21. The molecule has 1 aliphatic heterocycles. The van der Waals surface area contributed by atoms with Crippen LogP contribution in [0.1, 0.15) is 6.42 Å². The van der Waals surface area contributed by atoms with Gasteiger partial charge < -0.3 is 9.64 Å². The molecule has 3 nitrogen and oxygen atoms in total. The monoisotopic (exact) mass is 177 g/mol. The summed E-state index contributed by atoms with van der Waals surface area (Å²) in [6, 6.07) is 6.79. The molecular weight excluding hydrogens is 164 g/mol. The summed E-state index contributed by atoms with van der Waals surface area (Å²) in [5.74, 6) is 1.03. The van der Waals surface area contributed by atoms with E-state index < -0.39 is 0 Å². The van der Waals surface area contributed by atoms with Gasteiger partial charge in [-0.2, -0.15) is 0 Å². The van der Waals surface area contributed by atoms with Crippen molar-refractivity contribution >= 4 is 5.82 Å². The number of hydrogen-bond acceptors (Lipinski definition) is 3. The molecule has 1 fully saturated rings. The van der Waals surface area contributed by atoms with Crippen LogP contribution in [0.3, 0.4) is 0 Å². The van der Waals surface area contributed by atoms with Gasteiger partial charge in [-0.05, 0) is 18.6 Å². The van der Waals surface area contributed by atoms with E-state index in [0.29, 0.717) is 6.10 Å². The molecule has 0 aromatic carbocycles. The maximum absolute atomic E-state index is 5.29. The fourth-order valence-electron chi connectivity index (χ4n) is 1.63. The van der Waals surface area contributed by atoms with Gasteiger partial charge in [0.05, 0.1) is 6.10 Å². The van der Waals surface area contributed by atoms with Gasteiger partial charge in [-0.1, -0.05) is 0 Å². The molecule has 1 aromatic heterocycles. The highest BCUT2D eigenvalue weighted by molar-refractivity contribution is 5.38. The predicted molar refractivity (Wildman–Crippen MR) is 50.7 cm³/mol. The Hall–Kier alpha value is -1.09. The number of ether oxygens (including phenoxy) is 1. The maximum Gasteiger partial charge on any atom is 0.128 e. The molecule has 1 saturated heterocycles. The van der Waals surface area contributed by atoms with Gasteiger partial charge in [0, 0.05) is 32.5 Å². The largest absolute Gasteiger partial charge is 0.380 e. The lowest BCUT2D eigenvalue weighted by atomic mass is 10.3. The lowest BCUT2D eigenvalue weighted by Crippen LogP contribution is -2.22. The van der Waals surface area contributed by atoms with E-state index in [1.54, 1.807) is 13.3 Å². The maximum atomic E-state index is 5.29. The third-order valence-corrected chi connectivity index (χ3v) is 2.40. The highest BCUT2D eigenvalue weighted by atomic mass is 16.5. The van der Waals surface area contributed by atoms with Gasteiger partial charge in [-0.3, -0.25) is 0 Å². The van der Waals surface area contributed by atoms with Crippen LogP contribution < -0.4 is 4.90 Å². The molecular formula is C10H13N2O. The minimum atomic E-state index is 0.367. The molecule has 0 amide bonds. The predicted octanol–water partition coefficient (Wildman–Crippen LogP) is 1.11. The van der Waals surface area contributed by atoms with Gasteiger partial charge in [-0.25, -0.2) is 4.98 Å². The molecule has 1 atom stereocenters. The van der Waals surface area contributed by atoms with Gasteiger partial charge in [0.1, 0.15) is 5.82 Å². The minimum absolute atomic E-state index is 0.367. The fourth-order valence-corrected chi connectivity index (χ4v) is 1.63. The van der Waals surface area contributed by atoms with E-state index in [0.717, 1.165) is 25.3 Å². The number of methoxy groups -OCH3 is 1. The van der Waals surface area contributed by atoms with E-state index in [-0.39, 0.29) is 0 Å². The lowest BCUT2D eigenvalue weighted by Gasteiger charge is -2.16. The van der Waals surface area contributed by atoms with E-state index in [1.807, 2.05) is 12.1 Å². The quantitative estimate of drug-likeness (QED) is 0.676. The van der Waals surface area contributed by atoms with E-state index in [2.05, 4.69) is 16.0 Å². The third-order valence-electron chi connectivity index (χ3n) is 2.40. The SMILES string of the molecule is CO[C@@H]1CCN(c2cc[c]cn2)C1. The Labute approximate surface area is 78.3 Å². The van der Waals surface area contributed by atoms with Crippen molar-refractivity contribution < 1.29 is 4.74 Å². The highest BCUT2D eigenvalue weighted by Crippen LogP contribution is 2.18. The van der Waals surface area contributed by atoms with Crippen LogP contribution in [0.15, 0.2) is 18.3 Å². The molecule has 69 valence electrons. The van der Waals surface area contributed by atoms with Crippen LogP contribution in [0.5, 0.6) is 0 Å². The molecule has 0 unspecified atom stereocenters. The van der Waals surface area contributed by atoms with E-state index in [1.165, 1.54) is 0 Å². The first-order valence-electron chi connectivity index (χ1n) is 4.50. The van der Waals surface area contributed by atoms with Crippen LogP contribution >= 0.6 is 0 Å². The Balaban J connectivity index is 2.04. The first kappa shape index (κ1) is 8.51. The normalized spacial score (nSPS) is 22.2. The van der Waals surface area contributed by atoms with Gasteiger partial charge in [0.2, 0.25) is 0 Å². The summed E-state index contributed by atoms with van der Waals surface area (Å²) in [7, 11) is 1.76. The van der Waals surface area contributed by atoms with Crippen LogP contribution in [-0.4, -0.2) is 31.3 Å². The number of pyridine rings is 1. The number of hydrogen-bond donors (Lipinski definition) is 0. The van der Waals surface area contributed by atoms with Crippen molar-refractivity contribution in [1.29, 1.82) is 0 Å². The summed E-state index contributed by atoms with van der Waals surface area (Å²) in [6.45, 7) is 1.99. The highest BCUT2D eigenvalue weighted by Gasteiger charge is 2.22. The number of anilines is 1. The number of nitrogens with zero attached hydrogens (tertiary/aromatic N) is 2.